The quantitative estimate of drug-likeness (QED) is 0.174. The van der Waals surface area contributed by atoms with Crippen LogP contribution in [-0.2, 0) is 16.2 Å². The summed E-state index contributed by atoms with van der Waals surface area (Å²) in [7, 11) is 0. The van der Waals surface area contributed by atoms with Gasteiger partial charge in [0, 0.05) is 22.2 Å². The molecule has 2 aliphatic rings. The summed E-state index contributed by atoms with van der Waals surface area (Å²) in [5, 5.41) is 2.26. The molecule has 0 fully saturated rings. The first-order valence-corrected chi connectivity index (χ1v) is 20.5. The predicted molar refractivity (Wildman–Crippen MR) is 242 cm³/mol. The number of furan rings is 1. The number of hydrogen-bond donors (Lipinski definition) is 0. The van der Waals surface area contributed by atoms with Crippen LogP contribution in [0.4, 0.5) is 17.1 Å². The highest BCUT2D eigenvalue weighted by Crippen LogP contribution is 2.57. The molecule has 2 aliphatic carbocycles. The molecule has 1 heterocycles. The van der Waals surface area contributed by atoms with Crippen LogP contribution in [0.15, 0.2) is 186 Å². The zero-order chi connectivity index (χ0) is 39.4. The third-order valence-corrected chi connectivity index (χ3v) is 13.1. The number of anilines is 3. The van der Waals surface area contributed by atoms with Crippen LogP contribution in [0, 0.1) is 0 Å². The van der Waals surface area contributed by atoms with Gasteiger partial charge in [0.1, 0.15) is 11.2 Å². The summed E-state index contributed by atoms with van der Waals surface area (Å²) in [4.78, 5) is 2.45. The molecular weight excluding hydrogens is 703 g/mol. The largest absolute Gasteiger partial charge is 0.456 e. The van der Waals surface area contributed by atoms with E-state index in [0.717, 1.165) is 39.0 Å². The molecule has 11 rings (SSSR count). The zero-order valence-corrected chi connectivity index (χ0v) is 33.7. The fraction of sp³-hybridized carbons (Fsp3) is 0.143. The summed E-state index contributed by atoms with van der Waals surface area (Å²) in [5.41, 5.74) is 18.8. The summed E-state index contributed by atoms with van der Waals surface area (Å²) in [6.07, 6.45) is 0. The summed E-state index contributed by atoms with van der Waals surface area (Å²) >= 11 is 0. The Hall–Kier alpha value is -6.64. The lowest BCUT2D eigenvalue weighted by atomic mass is 9.68. The van der Waals surface area contributed by atoms with Gasteiger partial charge in [0.05, 0.1) is 16.5 Å². The van der Waals surface area contributed by atoms with Crippen LogP contribution in [0.3, 0.4) is 0 Å². The molecule has 0 aliphatic heterocycles. The van der Waals surface area contributed by atoms with Crippen molar-refractivity contribution in [1.29, 1.82) is 0 Å². The first kappa shape index (κ1) is 34.6. The molecule has 1 aromatic heterocycles. The molecule has 8 aromatic carbocycles. The van der Waals surface area contributed by atoms with Gasteiger partial charge >= 0.3 is 0 Å². The zero-order valence-electron chi connectivity index (χ0n) is 33.7. The van der Waals surface area contributed by atoms with Crippen LogP contribution in [0.2, 0.25) is 0 Å². The molecule has 0 radical (unpaired) electrons. The molecule has 0 unspecified atom stereocenters. The van der Waals surface area contributed by atoms with Gasteiger partial charge < -0.3 is 9.32 Å². The summed E-state index contributed by atoms with van der Waals surface area (Å²) in [5.74, 6) is 0. The molecule has 58 heavy (non-hydrogen) atoms. The molecule has 2 heteroatoms. The fourth-order valence-electron chi connectivity index (χ4n) is 10.3. The summed E-state index contributed by atoms with van der Waals surface area (Å²) in [6.45, 7) is 11.6. The maximum Gasteiger partial charge on any atom is 0.137 e. The van der Waals surface area contributed by atoms with Crippen LogP contribution in [0.5, 0.6) is 0 Å². The Kier molecular flexibility index (Phi) is 7.41. The Morgan fingerprint density at radius 2 is 1.02 bits per heavy atom. The monoisotopic (exact) mass is 747 g/mol. The van der Waals surface area contributed by atoms with E-state index < -0.39 is 5.41 Å². The van der Waals surface area contributed by atoms with Crippen molar-refractivity contribution >= 4 is 39.0 Å². The Labute approximate surface area is 341 Å². The van der Waals surface area contributed by atoms with Gasteiger partial charge in [-0.3, -0.25) is 0 Å². The van der Waals surface area contributed by atoms with E-state index in [4.69, 9.17) is 4.42 Å². The second kappa shape index (κ2) is 12.4. The second-order valence-electron chi connectivity index (χ2n) is 17.7. The lowest BCUT2D eigenvalue weighted by Crippen LogP contribution is -2.28. The minimum absolute atomic E-state index is 0.00496. The van der Waals surface area contributed by atoms with Crippen LogP contribution < -0.4 is 4.90 Å². The number of rotatable bonds is 5. The van der Waals surface area contributed by atoms with Gasteiger partial charge in [0.15, 0.2) is 0 Å². The van der Waals surface area contributed by atoms with Crippen molar-refractivity contribution in [2.75, 3.05) is 4.90 Å². The van der Waals surface area contributed by atoms with Crippen molar-refractivity contribution in [3.05, 3.63) is 221 Å². The van der Waals surface area contributed by atoms with Gasteiger partial charge in [0.25, 0.3) is 0 Å². The van der Waals surface area contributed by atoms with Gasteiger partial charge in [-0.15, -0.1) is 0 Å². The van der Waals surface area contributed by atoms with Gasteiger partial charge in [-0.25, -0.2) is 0 Å². The molecule has 0 saturated heterocycles. The van der Waals surface area contributed by atoms with E-state index in [1.165, 1.54) is 61.2 Å². The van der Waals surface area contributed by atoms with Crippen LogP contribution >= 0.6 is 0 Å². The van der Waals surface area contributed by atoms with Crippen LogP contribution in [0.25, 0.3) is 44.2 Å². The molecule has 280 valence electrons. The Balaban J connectivity index is 1.16. The maximum absolute atomic E-state index is 6.62. The lowest BCUT2D eigenvalue weighted by Gasteiger charge is -2.34. The molecule has 0 bridgehead atoms. The SMILES string of the molecule is CC(C)(C)c1ccc2oc3cccc(N(c4ccc(C5(c6ccccc6)c6ccccc6-c6ccccc65)cc4)c4ccc5c(c4)C(C)(C)c4ccccc4-5)c3c2c1. The van der Waals surface area contributed by atoms with Crippen molar-refractivity contribution in [3.63, 3.8) is 0 Å². The van der Waals surface area contributed by atoms with Crippen molar-refractivity contribution in [2.24, 2.45) is 0 Å². The van der Waals surface area contributed by atoms with Gasteiger partial charge in [-0.2, -0.15) is 0 Å². The fourth-order valence-corrected chi connectivity index (χ4v) is 10.3. The number of hydrogen-bond acceptors (Lipinski definition) is 2. The Morgan fingerprint density at radius 1 is 0.448 bits per heavy atom. The predicted octanol–water partition coefficient (Wildman–Crippen LogP) is 15.0. The van der Waals surface area contributed by atoms with E-state index >= 15 is 0 Å². The summed E-state index contributed by atoms with van der Waals surface area (Å²) < 4.78 is 6.62. The summed E-state index contributed by atoms with van der Waals surface area (Å²) in [6, 6.07) is 67.5. The topological polar surface area (TPSA) is 16.4 Å². The van der Waals surface area contributed by atoms with E-state index in [0.29, 0.717) is 0 Å². The standard InChI is InChI=1S/C56H45NO/c1-54(2,3)38-28-33-51-45(34-38)53-50(24-15-25-52(53)58-51)57(40-31-32-44-41-18-9-12-21-46(41)55(4,5)49(44)35-40)39-29-26-37(27-30-39)56(36-16-7-6-8-17-36)47-22-13-10-19-42(47)43-20-11-14-23-48(43)56/h6-35H,1-5H3. The molecule has 0 saturated carbocycles. The molecule has 0 spiro atoms. The smallest absolute Gasteiger partial charge is 0.137 e. The Bertz CT molecular complexity index is 3020. The number of fused-ring (bicyclic) bond motifs is 9. The van der Waals surface area contributed by atoms with E-state index in [2.05, 4.69) is 222 Å². The normalized spacial score (nSPS) is 14.6. The highest BCUT2D eigenvalue weighted by Gasteiger charge is 2.46. The molecule has 0 N–H and O–H groups in total. The lowest BCUT2D eigenvalue weighted by molar-refractivity contribution is 0.590. The minimum Gasteiger partial charge on any atom is -0.456 e. The van der Waals surface area contributed by atoms with Gasteiger partial charge in [-0.05, 0) is 115 Å². The van der Waals surface area contributed by atoms with E-state index in [1.54, 1.807) is 0 Å². The maximum atomic E-state index is 6.62. The van der Waals surface area contributed by atoms with Crippen molar-refractivity contribution in [2.45, 2.75) is 50.9 Å². The molecule has 9 aromatic rings. The number of nitrogens with zero attached hydrogens (tertiary/aromatic N) is 1. The average Bonchev–Trinajstić information content (AvgIpc) is 3.85. The molecule has 0 amide bonds. The first-order valence-electron chi connectivity index (χ1n) is 20.5. The number of benzene rings is 8. The van der Waals surface area contributed by atoms with E-state index in [-0.39, 0.29) is 10.8 Å². The third kappa shape index (κ3) is 4.84. The van der Waals surface area contributed by atoms with Crippen molar-refractivity contribution in [3.8, 4) is 22.3 Å². The minimum atomic E-state index is -0.467. The second-order valence-corrected chi connectivity index (χ2v) is 17.7. The molecule has 2 nitrogen and oxygen atoms in total. The Morgan fingerprint density at radius 3 is 1.69 bits per heavy atom. The molecular formula is C56H45NO. The van der Waals surface area contributed by atoms with Crippen LogP contribution in [-0.4, -0.2) is 0 Å². The van der Waals surface area contributed by atoms with E-state index in [9.17, 15) is 0 Å². The van der Waals surface area contributed by atoms with Gasteiger partial charge in [-0.1, -0.05) is 168 Å². The van der Waals surface area contributed by atoms with E-state index in [1.807, 2.05) is 0 Å². The van der Waals surface area contributed by atoms with Gasteiger partial charge in [0.2, 0.25) is 0 Å². The first-order chi connectivity index (χ1) is 28.2. The average molecular weight is 748 g/mol. The highest BCUT2D eigenvalue weighted by molar-refractivity contribution is 6.13. The molecule has 0 atom stereocenters. The van der Waals surface area contributed by atoms with Crippen molar-refractivity contribution in [1.82, 2.24) is 0 Å². The van der Waals surface area contributed by atoms with Crippen LogP contribution in [0.1, 0.15) is 73.6 Å². The third-order valence-electron chi connectivity index (χ3n) is 13.1. The van der Waals surface area contributed by atoms with Crippen molar-refractivity contribution < 1.29 is 4.42 Å². The highest BCUT2D eigenvalue weighted by atomic mass is 16.3.